The normalized spacial score (nSPS) is 13.0. The maximum Gasteiger partial charge on any atom is 0.499 e. The number of hydrogen-bond acceptors (Lipinski definition) is 2. The Bertz CT molecular complexity index is 408. The number of rotatable bonds is 4. The van der Waals surface area contributed by atoms with Crippen LogP contribution in [0.1, 0.15) is 5.56 Å². The Hall–Kier alpha value is -1.63. The van der Waals surface area contributed by atoms with Gasteiger partial charge in [0.2, 0.25) is 0 Å². The van der Waals surface area contributed by atoms with Crippen molar-refractivity contribution in [3.8, 4) is 5.75 Å². The van der Waals surface area contributed by atoms with E-state index in [0.29, 0.717) is 5.56 Å². The molecule has 0 spiro atoms. The van der Waals surface area contributed by atoms with Crippen molar-refractivity contribution in [3.05, 3.63) is 35.9 Å². The van der Waals surface area contributed by atoms with Gasteiger partial charge in [-0.3, -0.25) is 0 Å². The van der Waals surface area contributed by atoms with Crippen LogP contribution in [0.25, 0.3) is 6.08 Å². The van der Waals surface area contributed by atoms with Crippen molar-refractivity contribution in [1.29, 1.82) is 0 Å². The summed E-state index contributed by atoms with van der Waals surface area (Å²) in [6, 6.07) is 4.54. The smallest absolute Gasteiger partial charge is 0.426 e. The molecule has 7 heteroatoms. The van der Waals surface area contributed by atoms with E-state index in [-0.39, 0.29) is 6.61 Å². The molecular weight excluding hydrogens is 259 g/mol. The largest absolute Gasteiger partial charge is 0.499 e. The van der Waals surface area contributed by atoms with Crippen LogP contribution in [0, 0.1) is 0 Å². The average Bonchev–Trinajstić information content (AvgIpc) is 2.26. The van der Waals surface area contributed by atoms with Gasteiger partial charge >= 0.3 is 12.3 Å². The number of alkyl halides is 5. The highest BCUT2D eigenvalue weighted by atomic mass is 19.4. The molecule has 0 aliphatic carbocycles. The first kappa shape index (κ1) is 14.4. The zero-order valence-electron chi connectivity index (χ0n) is 8.92. The summed E-state index contributed by atoms with van der Waals surface area (Å²) in [6.07, 6.45) is -8.12. The van der Waals surface area contributed by atoms with Gasteiger partial charge in [0, 0.05) is 0 Å². The third kappa shape index (κ3) is 3.69. The van der Waals surface area contributed by atoms with Crippen LogP contribution < -0.4 is 4.74 Å². The van der Waals surface area contributed by atoms with E-state index in [1.165, 1.54) is 24.3 Å². The van der Waals surface area contributed by atoms with Crippen molar-refractivity contribution in [2.45, 2.75) is 12.3 Å². The second-order valence-corrected chi connectivity index (χ2v) is 3.27. The Kier molecular flexibility index (Phi) is 4.28. The van der Waals surface area contributed by atoms with Crippen LogP contribution in [-0.2, 0) is 0 Å². The van der Waals surface area contributed by atoms with E-state index >= 15 is 0 Å². The molecule has 1 aromatic rings. The lowest BCUT2D eigenvalue weighted by Crippen LogP contribution is -2.41. The van der Waals surface area contributed by atoms with Crippen LogP contribution in [0.2, 0.25) is 0 Å². The Morgan fingerprint density at radius 1 is 1.06 bits per heavy atom. The van der Waals surface area contributed by atoms with Crippen LogP contribution in [0.15, 0.2) is 30.3 Å². The Morgan fingerprint density at radius 3 is 2.06 bits per heavy atom. The maximum absolute atomic E-state index is 12.5. The summed E-state index contributed by atoms with van der Waals surface area (Å²) in [5, 5.41) is 8.49. The molecule has 0 amide bonds. The molecule has 18 heavy (non-hydrogen) atoms. The molecule has 1 aromatic carbocycles. The number of aliphatic hydroxyl groups is 1. The van der Waals surface area contributed by atoms with Gasteiger partial charge in [-0.15, -0.1) is 0 Å². The number of aliphatic hydroxyl groups excluding tert-OH is 1. The minimum absolute atomic E-state index is 0.204. The minimum atomic E-state index is -5.76. The molecule has 0 aliphatic rings. The topological polar surface area (TPSA) is 29.5 Å². The second kappa shape index (κ2) is 5.34. The molecule has 100 valence electrons. The van der Waals surface area contributed by atoms with Gasteiger partial charge in [0.15, 0.2) is 0 Å². The highest BCUT2D eigenvalue weighted by molar-refractivity contribution is 5.50. The second-order valence-electron chi connectivity index (χ2n) is 3.27. The molecule has 0 saturated heterocycles. The quantitative estimate of drug-likeness (QED) is 0.849. The first-order valence-electron chi connectivity index (χ1n) is 4.77. The zero-order valence-corrected chi connectivity index (χ0v) is 8.92. The molecule has 1 rings (SSSR count). The fraction of sp³-hybridized carbons (Fsp3) is 0.273. The monoisotopic (exact) mass is 268 g/mol. The Labute approximate surface area is 99.3 Å². The van der Waals surface area contributed by atoms with Crippen molar-refractivity contribution < 1.29 is 31.8 Å². The molecule has 0 heterocycles. The zero-order chi connectivity index (χ0) is 13.8. The van der Waals surface area contributed by atoms with E-state index in [4.69, 9.17) is 5.11 Å². The van der Waals surface area contributed by atoms with Gasteiger partial charge < -0.3 is 9.84 Å². The van der Waals surface area contributed by atoms with Crippen molar-refractivity contribution in [2.75, 3.05) is 6.61 Å². The molecule has 0 fully saturated rings. The summed E-state index contributed by atoms with van der Waals surface area (Å²) < 4.78 is 64.2. The van der Waals surface area contributed by atoms with Crippen LogP contribution in [0.3, 0.4) is 0 Å². The van der Waals surface area contributed by atoms with Crippen molar-refractivity contribution in [1.82, 2.24) is 0 Å². The van der Waals surface area contributed by atoms with Crippen molar-refractivity contribution in [2.24, 2.45) is 0 Å². The molecule has 0 aliphatic heterocycles. The number of halogens is 5. The molecule has 0 aromatic heterocycles. The number of hydrogen-bond donors (Lipinski definition) is 1. The minimum Gasteiger partial charge on any atom is -0.426 e. The molecule has 0 bridgehead atoms. The van der Waals surface area contributed by atoms with Gasteiger partial charge in [-0.2, -0.15) is 22.0 Å². The van der Waals surface area contributed by atoms with E-state index in [9.17, 15) is 22.0 Å². The van der Waals surface area contributed by atoms with Crippen LogP contribution in [0.4, 0.5) is 22.0 Å². The lowest BCUT2D eigenvalue weighted by molar-refractivity contribution is -0.360. The molecule has 2 nitrogen and oxygen atoms in total. The fourth-order valence-electron chi connectivity index (χ4n) is 1.04. The van der Waals surface area contributed by atoms with E-state index in [1.54, 1.807) is 0 Å². The van der Waals surface area contributed by atoms with E-state index in [2.05, 4.69) is 4.74 Å². The first-order valence-corrected chi connectivity index (χ1v) is 4.77. The van der Waals surface area contributed by atoms with E-state index < -0.39 is 18.0 Å². The summed E-state index contributed by atoms with van der Waals surface area (Å²) in [6.45, 7) is -0.204. The van der Waals surface area contributed by atoms with Gasteiger partial charge in [-0.05, 0) is 17.7 Å². The summed E-state index contributed by atoms with van der Waals surface area (Å²) in [5.41, 5.74) is 0.534. The lowest BCUT2D eigenvalue weighted by Gasteiger charge is -2.20. The Morgan fingerprint density at radius 2 is 1.61 bits per heavy atom. The highest BCUT2D eigenvalue weighted by Gasteiger charge is 2.61. The molecule has 0 radical (unpaired) electrons. The van der Waals surface area contributed by atoms with Crippen molar-refractivity contribution >= 4 is 6.08 Å². The fourth-order valence-corrected chi connectivity index (χ4v) is 1.04. The van der Waals surface area contributed by atoms with Crippen LogP contribution in [0.5, 0.6) is 5.75 Å². The SMILES string of the molecule is OCC=Cc1ccc(OC(F)(F)C(F)(F)F)cc1. The Balaban J connectivity index is 2.78. The standard InChI is InChI=1S/C11H9F5O2/c12-10(13,14)11(15,16)18-9-5-3-8(4-6-9)2-1-7-17/h1-6,17H,7H2. The predicted octanol–water partition coefficient (Wildman–Crippen LogP) is 3.23. The van der Waals surface area contributed by atoms with E-state index in [0.717, 1.165) is 12.1 Å². The van der Waals surface area contributed by atoms with Gasteiger partial charge in [-0.1, -0.05) is 24.3 Å². The van der Waals surface area contributed by atoms with Gasteiger partial charge in [-0.25, -0.2) is 0 Å². The summed E-state index contributed by atoms with van der Waals surface area (Å²) in [7, 11) is 0. The first-order chi connectivity index (χ1) is 8.26. The molecule has 0 unspecified atom stereocenters. The van der Waals surface area contributed by atoms with Gasteiger partial charge in [0.05, 0.1) is 6.61 Å². The molecule has 1 N–H and O–H groups in total. The van der Waals surface area contributed by atoms with E-state index in [1.807, 2.05) is 0 Å². The van der Waals surface area contributed by atoms with Crippen molar-refractivity contribution in [3.63, 3.8) is 0 Å². The maximum atomic E-state index is 12.5. The number of ether oxygens (including phenoxy) is 1. The van der Waals surface area contributed by atoms with Gasteiger partial charge in [0.25, 0.3) is 0 Å². The average molecular weight is 268 g/mol. The third-order valence-corrected chi connectivity index (χ3v) is 1.87. The molecule has 0 atom stereocenters. The third-order valence-electron chi connectivity index (χ3n) is 1.87. The van der Waals surface area contributed by atoms with Crippen LogP contribution in [-0.4, -0.2) is 24.0 Å². The highest BCUT2D eigenvalue weighted by Crippen LogP contribution is 2.37. The summed E-state index contributed by atoms with van der Waals surface area (Å²) in [5.74, 6) is -0.599. The summed E-state index contributed by atoms with van der Waals surface area (Å²) >= 11 is 0. The number of benzene rings is 1. The van der Waals surface area contributed by atoms with Gasteiger partial charge in [0.1, 0.15) is 5.75 Å². The molecule has 0 saturated carbocycles. The summed E-state index contributed by atoms with van der Waals surface area (Å²) in [4.78, 5) is 0. The van der Waals surface area contributed by atoms with Crippen LogP contribution >= 0.6 is 0 Å². The molecular formula is C11H9F5O2. The lowest BCUT2D eigenvalue weighted by atomic mass is 10.2. The predicted molar refractivity (Wildman–Crippen MR) is 54.2 cm³/mol.